The summed E-state index contributed by atoms with van der Waals surface area (Å²) < 4.78 is 5.28. The lowest BCUT2D eigenvalue weighted by atomic mass is 9.93. The van der Waals surface area contributed by atoms with Crippen molar-refractivity contribution in [3.63, 3.8) is 0 Å². The second kappa shape index (κ2) is 9.10. The summed E-state index contributed by atoms with van der Waals surface area (Å²) in [6.45, 7) is 2.43. The van der Waals surface area contributed by atoms with Gasteiger partial charge in [-0.1, -0.05) is 6.07 Å². The first-order valence-corrected chi connectivity index (χ1v) is 8.32. The van der Waals surface area contributed by atoms with Crippen molar-refractivity contribution in [1.82, 2.24) is 20.5 Å². The first kappa shape index (κ1) is 18.0. The van der Waals surface area contributed by atoms with Gasteiger partial charge in [-0.25, -0.2) is 4.98 Å². The van der Waals surface area contributed by atoms with E-state index in [1.54, 1.807) is 27.4 Å². The third-order valence-corrected chi connectivity index (χ3v) is 4.36. The summed E-state index contributed by atoms with van der Waals surface area (Å²) in [6, 6.07) is 3.88. The second-order valence-corrected chi connectivity index (χ2v) is 5.88. The van der Waals surface area contributed by atoms with Gasteiger partial charge >= 0.3 is 0 Å². The third-order valence-electron chi connectivity index (χ3n) is 4.36. The minimum atomic E-state index is 0.125. The first-order valence-electron chi connectivity index (χ1n) is 8.32. The van der Waals surface area contributed by atoms with Crippen LogP contribution in [-0.4, -0.2) is 56.0 Å². The van der Waals surface area contributed by atoms with E-state index >= 15 is 0 Å². The lowest BCUT2D eigenvalue weighted by molar-refractivity contribution is -0.121. The Labute approximate surface area is 143 Å². The standard InChI is InChI=1S/C17H27N5O2/c1-18-15(23)11-13-6-9-22(10-7-13)17(19-2)21-12-14-5-4-8-20-16(14)24-3/h4-5,8,13H,6-7,9-12H2,1-3H3,(H,18,23)(H,19,21). The monoisotopic (exact) mass is 333 g/mol. The van der Waals surface area contributed by atoms with E-state index in [1.165, 1.54) is 0 Å². The molecule has 7 heteroatoms. The van der Waals surface area contributed by atoms with Crippen molar-refractivity contribution < 1.29 is 9.53 Å². The van der Waals surface area contributed by atoms with Crippen LogP contribution in [0.5, 0.6) is 5.88 Å². The molecule has 0 unspecified atom stereocenters. The molecule has 1 saturated heterocycles. The Morgan fingerprint density at radius 3 is 2.83 bits per heavy atom. The van der Waals surface area contributed by atoms with Crippen LogP contribution in [0.4, 0.5) is 0 Å². The fourth-order valence-electron chi connectivity index (χ4n) is 2.96. The number of nitrogens with one attached hydrogen (secondary N) is 2. The van der Waals surface area contributed by atoms with Crippen molar-refractivity contribution in [3.8, 4) is 5.88 Å². The van der Waals surface area contributed by atoms with Crippen molar-refractivity contribution >= 4 is 11.9 Å². The largest absolute Gasteiger partial charge is 0.481 e. The molecule has 2 rings (SSSR count). The number of hydrogen-bond donors (Lipinski definition) is 2. The zero-order valence-corrected chi connectivity index (χ0v) is 14.7. The Bertz CT molecular complexity index is 568. The van der Waals surface area contributed by atoms with Crippen LogP contribution in [0.2, 0.25) is 0 Å². The Balaban J connectivity index is 1.86. The molecule has 1 fully saturated rings. The molecule has 0 aromatic carbocycles. The number of nitrogens with zero attached hydrogens (tertiary/aromatic N) is 3. The summed E-state index contributed by atoms with van der Waals surface area (Å²) in [5, 5.41) is 6.07. The number of aliphatic imine (C=N–C) groups is 1. The summed E-state index contributed by atoms with van der Waals surface area (Å²) in [5.74, 6) is 2.08. The van der Waals surface area contributed by atoms with Crippen LogP contribution in [0.3, 0.4) is 0 Å². The number of guanidine groups is 1. The van der Waals surface area contributed by atoms with Gasteiger partial charge in [0, 0.05) is 51.9 Å². The maximum atomic E-state index is 11.5. The highest BCUT2D eigenvalue weighted by molar-refractivity contribution is 5.80. The van der Waals surface area contributed by atoms with Crippen molar-refractivity contribution in [2.24, 2.45) is 10.9 Å². The van der Waals surface area contributed by atoms with E-state index in [2.05, 4.69) is 25.5 Å². The number of carbonyl (C=O) groups excluding carboxylic acids is 1. The molecule has 1 aliphatic heterocycles. The van der Waals surface area contributed by atoms with Crippen molar-refractivity contribution in [2.45, 2.75) is 25.8 Å². The topological polar surface area (TPSA) is 78.9 Å². The zero-order chi connectivity index (χ0) is 17.4. The number of ether oxygens (including phenoxy) is 1. The third kappa shape index (κ3) is 4.84. The number of rotatable bonds is 5. The average Bonchev–Trinajstić information content (AvgIpc) is 2.63. The molecule has 0 bridgehead atoms. The number of aromatic nitrogens is 1. The van der Waals surface area contributed by atoms with Crippen molar-refractivity contribution in [1.29, 1.82) is 0 Å². The molecule has 7 nitrogen and oxygen atoms in total. The SMILES string of the molecule is CN=C(NCc1cccnc1OC)N1CCC(CC(=O)NC)CC1. The van der Waals surface area contributed by atoms with Crippen LogP contribution in [0.25, 0.3) is 0 Å². The maximum Gasteiger partial charge on any atom is 0.220 e. The number of piperidine rings is 1. The molecule has 1 aromatic rings. The molecule has 1 amide bonds. The molecule has 2 N–H and O–H groups in total. The van der Waals surface area contributed by atoms with E-state index in [-0.39, 0.29) is 5.91 Å². The van der Waals surface area contributed by atoms with Gasteiger partial charge in [-0.15, -0.1) is 0 Å². The maximum absolute atomic E-state index is 11.5. The fourth-order valence-corrected chi connectivity index (χ4v) is 2.96. The van der Waals surface area contributed by atoms with Crippen LogP contribution in [0.15, 0.2) is 23.3 Å². The lowest BCUT2D eigenvalue weighted by Crippen LogP contribution is -2.45. The Hall–Kier alpha value is -2.31. The van der Waals surface area contributed by atoms with E-state index in [1.807, 2.05) is 12.1 Å². The van der Waals surface area contributed by atoms with Gasteiger partial charge in [0.2, 0.25) is 11.8 Å². The molecule has 0 aliphatic carbocycles. The van der Waals surface area contributed by atoms with Gasteiger partial charge in [-0.3, -0.25) is 9.79 Å². The summed E-state index contributed by atoms with van der Waals surface area (Å²) in [6.07, 6.45) is 4.34. The highest BCUT2D eigenvalue weighted by atomic mass is 16.5. The Kier molecular flexibility index (Phi) is 6.84. The lowest BCUT2D eigenvalue weighted by Gasteiger charge is -2.34. The number of pyridine rings is 1. The van der Waals surface area contributed by atoms with E-state index in [4.69, 9.17) is 4.74 Å². The van der Waals surface area contributed by atoms with E-state index in [0.717, 1.165) is 37.5 Å². The number of carbonyl (C=O) groups is 1. The number of likely N-dealkylation sites (tertiary alicyclic amines) is 1. The summed E-state index contributed by atoms with van der Waals surface area (Å²) in [7, 11) is 5.10. The molecular formula is C17H27N5O2. The highest BCUT2D eigenvalue weighted by Crippen LogP contribution is 2.20. The smallest absolute Gasteiger partial charge is 0.220 e. The molecule has 0 radical (unpaired) electrons. The van der Waals surface area contributed by atoms with Gasteiger partial charge < -0.3 is 20.3 Å². The number of methoxy groups -OCH3 is 1. The van der Waals surface area contributed by atoms with Crippen LogP contribution >= 0.6 is 0 Å². The summed E-state index contributed by atoms with van der Waals surface area (Å²) in [4.78, 5) is 22.3. The molecule has 1 aliphatic rings. The van der Waals surface area contributed by atoms with Crippen LogP contribution in [-0.2, 0) is 11.3 Å². The van der Waals surface area contributed by atoms with E-state index in [9.17, 15) is 4.79 Å². The molecule has 0 atom stereocenters. The second-order valence-electron chi connectivity index (χ2n) is 5.88. The van der Waals surface area contributed by atoms with Crippen molar-refractivity contribution in [2.75, 3.05) is 34.3 Å². The average molecular weight is 333 g/mol. The Morgan fingerprint density at radius 1 is 1.46 bits per heavy atom. The molecule has 24 heavy (non-hydrogen) atoms. The molecule has 0 spiro atoms. The number of amides is 1. The molecule has 2 heterocycles. The predicted octanol–water partition coefficient (Wildman–Crippen LogP) is 1.01. The zero-order valence-electron chi connectivity index (χ0n) is 14.7. The van der Waals surface area contributed by atoms with Crippen LogP contribution in [0.1, 0.15) is 24.8 Å². The molecule has 1 aromatic heterocycles. The fraction of sp³-hybridized carbons (Fsp3) is 0.588. The van der Waals surface area contributed by atoms with Gasteiger partial charge in [-0.05, 0) is 24.8 Å². The van der Waals surface area contributed by atoms with Crippen molar-refractivity contribution in [3.05, 3.63) is 23.9 Å². The highest BCUT2D eigenvalue weighted by Gasteiger charge is 2.23. The van der Waals surface area contributed by atoms with Gasteiger partial charge in [0.05, 0.1) is 7.11 Å². The summed E-state index contributed by atoms with van der Waals surface area (Å²) >= 11 is 0. The quantitative estimate of drug-likeness (QED) is 0.621. The van der Waals surface area contributed by atoms with Gasteiger partial charge in [0.15, 0.2) is 5.96 Å². The Morgan fingerprint density at radius 2 is 2.21 bits per heavy atom. The first-order chi connectivity index (χ1) is 11.7. The molecule has 0 saturated carbocycles. The minimum absolute atomic E-state index is 0.125. The summed E-state index contributed by atoms with van der Waals surface area (Å²) in [5.41, 5.74) is 0.996. The molecular weight excluding hydrogens is 306 g/mol. The van der Waals surface area contributed by atoms with Gasteiger partial charge in [0.1, 0.15) is 0 Å². The van der Waals surface area contributed by atoms with E-state index in [0.29, 0.717) is 24.8 Å². The minimum Gasteiger partial charge on any atom is -0.481 e. The van der Waals surface area contributed by atoms with Crippen LogP contribution in [0, 0.1) is 5.92 Å². The van der Waals surface area contributed by atoms with Crippen LogP contribution < -0.4 is 15.4 Å². The van der Waals surface area contributed by atoms with Gasteiger partial charge in [-0.2, -0.15) is 0 Å². The normalized spacial score (nSPS) is 16.0. The van der Waals surface area contributed by atoms with E-state index < -0.39 is 0 Å². The molecule has 132 valence electrons. The number of hydrogen-bond acceptors (Lipinski definition) is 4. The van der Waals surface area contributed by atoms with Gasteiger partial charge in [0.25, 0.3) is 0 Å². The predicted molar refractivity (Wildman–Crippen MR) is 94.0 cm³/mol.